The molecule has 0 saturated carbocycles. The number of fused-ring (bicyclic) bond motifs is 1. The smallest absolute Gasteiger partial charge is 0.134 e. The number of nitrogens with zero attached hydrogens (tertiary/aromatic N) is 2. The fourth-order valence-electron chi connectivity index (χ4n) is 2.05. The van der Waals surface area contributed by atoms with Crippen molar-refractivity contribution in [2.45, 2.75) is 12.5 Å². The van der Waals surface area contributed by atoms with Gasteiger partial charge in [0, 0.05) is 29.4 Å². The molecule has 0 aliphatic heterocycles. The zero-order valence-electron chi connectivity index (χ0n) is 11.0. The molecule has 0 aliphatic rings. The van der Waals surface area contributed by atoms with E-state index < -0.39 is 5.60 Å². The third-order valence-corrected chi connectivity index (χ3v) is 3.56. The molecule has 98 valence electrons. The highest BCUT2D eigenvalue weighted by molar-refractivity contribution is 7.17. The van der Waals surface area contributed by atoms with Crippen molar-refractivity contribution in [1.29, 1.82) is 0 Å². The van der Waals surface area contributed by atoms with Gasteiger partial charge in [0.25, 0.3) is 0 Å². The summed E-state index contributed by atoms with van der Waals surface area (Å²) in [6.07, 6.45) is 1.79. The van der Waals surface area contributed by atoms with Gasteiger partial charge in [-0.2, -0.15) is 0 Å². The lowest BCUT2D eigenvalue weighted by Crippen LogP contribution is -2.43. The maximum Gasteiger partial charge on any atom is 0.134 e. The first-order valence-corrected chi connectivity index (χ1v) is 6.79. The Morgan fingerprint density at radius 3 is 2.94 bits per heavy atom. The van der Waals surface area contributed by atoms with E-state index in [1.165, 1.54) is 4.70 Å². The van der Waals surface area contributed by atoms with Crippen LogP contribution < -0.4 is 5.32 Å². The Kier molecular flexibility index (Phi) is 3.85. The van der Waals surface area contributed by atoms with Crippen molar-refractivity contribution < 1.29 is 5.11 Å². The lowest BCUT2D eigenvalue weighted by molar-refractivity contribution is 0.0459. The quantitative estimate of drug-likeness (QED) is 0.868. The molecule has 0 aliphatic carbocycles. The summed E-state index contributed by atoms with van der Waals surface area (Å²) < 4.78 is 1.21. The van der Waals surface area contributed by atoms with Crippen molar-refractivity contribution in [3.05, 3.63) is 23.7 Å². The Morgan fingerprint density at radius 1 is 1.44 bits per heavy atom. The average Bonchev–Trinajstić information content (AvgIpc) is 2.72. The molecule has 1 unspecified atom stereocenters. The molecule has 18 heavy (non-hydrogen) atoms. The van der Waals surface area contributed by atoms with Crippen LogP contribution in [0.15, 0.2) is 23.7 Å². The fraction of sp³-hybridized carbons (Fsp3) is 0.462. The summed E-state index contributed by atoms with van der Waals surface area (Å²) in [6.45, 7) is 2.92. The molecule has 0 bridgehead atoms. The Morgan fingerprint density at radius 2 is 2.22 bits per heavy atom. The third-order valence-electron chi connectivity index (χ3n) is 2.67. The van der Waals surface area contributed by atoms with Crippen LogP contribution in [0.5, 0.6) is 0 Å². The first-order valence-electron chi connectivity index (χ1n) is 5.91. The van der Waals surface area contributed by atoms with Crippen LogP contribution >= 0.6 is 11.3 Å². The number of likely N-dealkylation sites (N-methyl/N-ethyl adjacent to an activating group) is 1. The monoisotopic (exact) mass is 265 g/mol. The van der Waals surface area contributed by atoms with Gasteiger partial charge in [0.2, 0.25) is 0 Å². The minimum absolute atomic E-state index is 0.479. The van der Waals surface area contributed by atoms with E-state index in [0.29, 0.717) is 13.1 Å². The summed E-state index contributed by atoms with van der Waals surface area (Å²) in [7, 11) is 3.90. The van der Waals surface area contributed by atoms with Crippen molar-refractivity contribution in [2.75, 3.05) is 32.5 Å². The van der Waals surface area contributed by atoms with Gasteiger partial charge in [-0.05, 0) is 38.5 Å². The van der Waals surface area contributed by atoms with Gasteiger partial charge in [-0.1, -0.05) is 0 Å². The predicted molar refractivity (Wildman–Crippen MR) is 77.3 cm³/mol. The fourth-order valence-corrected chi connectivity index (χ4v) is 2.83. The molecule has 2 rings (SSSR count). The Hall–Kier alpha value is -1.17. The molecule has 0 fully saturated rings. The number of rotatable bonds is 5. The van der Waals surface area contributed by atoms with Crippen LogP contribution in [0, 0.1) is 0 Å². The number of thiophene rings is 1. The summed E-state index contributed by atoms with van der Waals surface area (Å²) in [4.78, 5) is 6.30. The molecule has 5 heteroatoms. The standard InChI is InChI=1S/C13H19N3OS/c1-13(17,9-16(2)3)8-15-12-10-5-7-18-11(10)4-6-14-12/h4-7,17H,8-9H2,1-3H3,(H,14,15). The highest BCUT2D eigenvalue weighted by Crippen LogP contribution is 2.26. The van der Waals surface area contributed by atoms with Gasteiger partial charge >= 0.3 is 0 Å². The lowest BCUT2D eigenvalue weighted by Gasteiger charge is -2.27. The van der Waals surface area contributed by atoms with E-state index >= 15 is 0 Å². The number of anilines is 1. The van der Waals surface area contributed by atoms with Gasteiger partial charge in [0.1, 0.15) is 5.82 Å². The lowest BCUT2D eigenvalue weighted by atomic mass is 10.1. The summed E-state index contributed by atoms with van der Waals surface area (Å²) in [5, 5.41) is 16.6. The van der Waals surface area contributed by atoms with Gasteiger partial charge < -0.3 is 15.3 Å². The van der Waals surface area contributed by atoms with Crippen LogP contribution in [-0.4, -0.2) is 47.8 Å². The van der Waals surface area contributed by atoms with Crippen molar-refractivity contribution in [3.63, 3.8) is 0 Å². The number of aromatic nitrogens is 1. The van der Waals surface area contributed by atoms with Crippen LogP contribution in [0.1, 0.15) is 6.92 Å². The number of pyridine rings is 1. The second kappa shape index (κ2) is 5.22. The summed E-state index contributed by atoms with van der Waals surface area (Å²) in [6, 6.07) is 4.05. The van der Waals surface area contributed by atoms with Crippen molar-refractivity contribution in [1.82, 2.24) is 9.88 Å². The Balaban J connectivity index is 2.08. The zero-order valence-corrected chi connectivity index (χ0v) is 11.8. The maximum atomic E-state index is 10.2. The molecule has 0 spiro atoms. The van der Waals surface area contributed by atoms with Crippen LogP contribution in [0.2, 0.25) is 0 Å². The highest BCUT2D eigenvalue weighted by Gasteiger charge is 2.21. The van der Waals surface area contributed by atoms with Crippen LogP contribution in [0.25, 0.3) is 10.1 Å². The zero-order chi connectivity index (χ0) is 13.2. The SMILES string of the molecule is CN(C)CC(C)(O)CNc1nccc2sccc12. The third kappa shape index (κ3) is 3.19. The average molecular weight is 265 g/mol. The van der Waals surface area contributed by atoms with Gasteiger partial charge in [0.15, 0.2) is 0 Å². The second-order valence-corrected chi connectivity index (χ2v) is 6.03. The minimum atomic E-state index is -0.774. The van der Waals surface area contributed by atoms with Gasteiger partial charge in [0.05, 0.1) is 5.60 Å². The van der Waals surface area contributed by atoms with Crippen LogP contribution in [0.3, 0.4) is 0 Å². The molecule has 2 N–H and O–H groups in total. The van der Waals surface area contributed by atoms with E-state index in [9.17, 15) is 5.11 Å². The molecular weight excluding hydrogens is 246 g/mol. The molecule has 2 aromatic heterocycles. The van der Waals surface area contributed by atoms with Crippen molar-refractivity contribution >= 4 is 27.2 Å². The Bertz CT molecular complexity index is 522. The van der Waals surface area contributed by atoms with Crippen molar-refractivity contribution in [3.8, 4) is 0 Å². The topological polar surface area (TPSA) is 48.4 Å². The molecule has 0 radical (unpaired) electrons. The normalized spacial score (nSPS) is 14.9. The number of hydrogen-bond acceptors (Lipinski definition) is 5. The number of aliphatic hydroxyl groups is 1. The molecular formula is C13H19N3OS. The maximum absolute atomic E-state index is 10.2. The minimum Gasteiger partial charge on any atom is -0.387 e. The van der Waals surface area contributed by atoms with E-state index in [2.05, 4.69) is 21.7 Å². The number of nitrogens with one attached hydrogen (secondary N) is 1. The molecule has 0 saturated heterocycles. The highest BCUT2D eigenvalue weighted by atomic mass is 32.1. The molecule has 1 atom stereocenters. The van der Waals surface area contributed by atoms with E-state index in [0.717, 1.165) is 11.2 Å². The summed E-state index contributed by atoms with van der Waals surface area (Å²) in [5.74, 6) is 0.841. The van der Waals surface area contributed by atoms with E-state index in [4.69, 9.17) is 0 Å². The van der Waals surface area contributed by atoms with Gasteiger partial charge in [-0.25, -0.2) is 4.98 Å². The Labute approximate surface area is 111 Å². The molecule has 0 aromatic carbocycles. The number of hydrogen-bond donors (Lipinski definition) is 2. The molecule has 0 amide bonds. The first-order chi connectivity index (χ1) is 8.48. The first kappa shape index (κ1) is 13.3. The molecule has 2 heterocycles. The predicted octanol–water partition coefficient (Wildman–Crippen LogP) is 2.02. The molecule has 4 nitrogen and oxygen atoms in total. The summed E-state index contributed by atoms with van der Waals surface area (Å²) >= 11 is 1.69. The molecule has 2 aromatic rings. The van der Waals surface area contributed by atoms with Crippen molar-refractivity contribution in [2.24, 2.45) is 0 Å². The van der Waals surface area contributed by atoms with E-state index in [1.807, 2.05) is 32.0 Å². The largest absolute Gasteiger partial charge is 0.387 e. The second-order valence-electron chi connectivity index (χ2n) is 5.08. The van der Waals surface area contributed by atoms with E-state index in [-0.39, 0.29) is 0 Å². The van der Waals surface area contributed by atoms with Crippen LogP contribution in [-0.2, 0) is 0 Å². The van der Waals surface area contributed by atoms with Gasteiger partial charge in [-0.15, -0.1) is 11.3 Å². The summed E-state index contributed by atoms with van der Waals surface area (Å²) in [5.41, 5.74) is -0.774. The van der Waals surface area contributed by atoms with Gasteiger partial charge in [-0.3, -0.25) is 0 Å². The van der Waals surface area contributed by atoms with E-state index in [1.54, 1.807) is 17.5 Å². The van der Waals surface area contributed by atoms with Crippen LogP contribution in [0.4, 0.5) is 5.82 Å².